The maximum Gasteiger partial charge on any atom is 0.331 e. The molecule has 0 amide bonds. The van der Waals surface area contributed by atoms with Crippen LogP contribution in [0.5, 0.6) is 0 Å². The quantitative estimate of drug-likeness (QED) is 0.284. The summed E-state index contributed by atoms with van der Waals surface area (Å²) in [5, 5.41) is 67.4. The number of carbonyl (C=O) groups excluding carboxylic acids is 1. The molecule has 1 saturated heterocycles. The lowest BCUT2D eigenvalue weighted by molar-refractivity contribution is -0.389. The average Bonchev–Trinajstić information content (AvgIpc) is 3.41. The minimum atomic E-state index is -2.15. The molecule has 2 heterocycles. The Bertz CT molecular complexity index is 1020. The van der Waals surface area contributed by atoms with Gasteiger partial charge in [0, 0.05) is 17.4 Å². The van der Waals surface area contributed by atoms with E-state index in [1.807, 2.05) is 0 Å². The van der Waals surface area contributed by atoms with Crippen LogP contribution in [0.15, 0.2) is 11.6 Å². The maximum atomic E-state index is 12.5. The van der Waals surface area contributed by atoms with Gasteiger partial charge in [-0.15, -0.1) is 0 Å². The molecule has 6 N–H and O–H groups in total. The van der Waals surface area contributed by atoms with Crippen LogP contribution in [0.25, 0.3) is 0 Å². The van der Waals surface area contributed by atoms with E-state index in [-0.39, 0.29) is 42.7 Å². The van der Waals surface area contributed by atoms with Crippen molar-refractivity contribution < 1.29 is 44.9 Å². The van der Waals surface area contributed by atoms with Gasteiger partial charge in [0.1, 0.15) is 24.9 Å². The second-order valence-corrected chi connectivity index (χ2v) is 13.8. The fourth-order valence-electron chi connectivity index (χ4n) is 10.5. The second-order valence-electron chi connectivity index (χ2n) is 13.8. The largest absolute Gasteiger partial charge is 0.458 e. The van der Waals surface area contributed by atoms with Gasteiger partial charge in [-0.3, -0.25) is 0 Å². The molecule has 5 fully saturated rings. The zero-order valence-corrected chi connectivity index (χ0v) is 22.6. The number of hydrogen-bond donors (Lipinski definition) is 6. The highest BCUT2D eigenvalue weighted by Gasteiger charge is 2.72. The van der Waals surface area contributed by atoms with E-state index in [2.05, 4.69) is 13.8 Å². The number of rotatable bonds is 2. The van der Waals surface area contributed by atoms with Crippen molar-refractivity contribution in [2.75, 3.05) is 6.61 Å². The molecule has 2 aliphatic heterocycles. The number of cyclic esters (lactones) is 1. The lowest BCUT2D eigenvalue weighted by Gasteiger charge is -2.67. The van der Waals surface area contributed by atoms with Gasteiger partial charge in [0.15, 0.2) is 5.79 Å². The SMILES string of the molecule is C[C@@H]1OC(O)(C2C[C@H](O)C[C@H]3CC[C@@H]4[C@H](CC[C@]5(C)[C@@H](C6=CC(=O)OC6)CC[C@]45O)[C@@]23C)[C@H](O)[C@H](O)[C@H]1O. The predicted octanol–water partition coefficient (Wildman–Crippen LogP) is 1.02. The summed E-state index contributed by atoms with van der Waals surface area (Å²) in [5.41, 5.74) is -0.979. The predicted molar refractivity (Wildman–Crippen MR) is 134 cm³/mol. The molecule has 4 saturated carbocycles. The van der Waals surface area contributed by atoms with Crippen molar-refractivity contribution in [2.45, 2.75) is 114 Å². The molecule has 6 rings (SSSR count). The third-order valence-corrected chi connectivity index (χ3v) is 12.5. The van der Waals surface area contributed by atoms with Crippen LogP contribution in [0.3, 0.4) is 0 Å². The van der Waals surface area contributed by atoms with E-state index in [0.29, 0.717) is 12.8 Å². The summed E-state index contributed by atoms with van der Waals surface area (Å²) < 4.78 is 11.2. The first kappa shape index (κ1) is 27.1. The molecule has 38 heavy (non-hydrogen) atoms. The van der Waals surface area contributed by atoms with Gasteiger partial charge in [-0.2, -0.15) is 0 Å². The van der Waals surface area contributed by atoms with Gasteiger partial charge in [-0.1, -0.05) is 13.8 Å². The van der Waals surface area contributed by atoms with Crippen molar-refractivity contribution in [2.24, 2.45) is 40.4 Å². The van der Waals surface area contributed by atoms with E-state index in [1.54, 1.807) is 13.0 Å². The molecule has 9 nitrogen and oxygen atoms in total. The van der Waals surface area contributed by atoms with Crippen LogP contribution in [-0.2, 0) is 14.3 Å². The first-order valence-corrected chi connectivity index (χ1v) is 14.5. The van der Waals surface area contributed by atoms with Gasteiger partial charge in [0.05, 0.1) is 17.8 Å². The Morgan fingerprint density at radius 1 is 0.921 bits per heavy atom. The summed E-state index contributed by atoms with van der Waals surface area (Å²) >= 11 is 0. The van der Waals surface area contributed by atoms with E-state index < -0.39 is 58.7 Å². The first-order valence-electron chi connectivity index (χ1n) is 14.5. The second kappa shape index (κ2) is 8.71. The standard InChI is InChI=1S/C29H44O9/c1-14-23(32)24(33)25(34)29(36,38-14)21-12-17(30)11-16-4-5-20-19(27(16,21)3)6-8-26(2)18(7-9-28(20,26)35)15-10-22(31)37-13-15/h10,14,16-21,23-25,30,32-36H,4-9,11-13H2,1-3H3/t14-,16+,17+,18+,19-,20+,21?,23-,24+,25+,26+,27-,28-,29?/m0/s1. The van der Waals surface area contributed by atoms with Crippen LogP contribution in [0.2, 0.25) is 0 Å². The van der Waals surface area contributed by atoms with Gasteiger partial charge in [-0.25, -0.2) is 4.79 Å². The number of aliphatic hydroxyl groups is 6. The van der Waals surface area contributed by atoms with Crippen molar-refractivity contribution in [1.82, 2.24) is 0 Å². The van der Waals surface area contributed by atoms with Crippen molar-refractivity contribution in [3.63, 3.8) is 0 Å². The summed E-state index contributed by atoms with van der Waals surface area (Å²) in [4.78, 5) is 11.8. The number of fused-ring (bicyclic) bond motifs is 5. The topological polar surface area (TPSA) is 157 Å². The van der Waals surface area contributed by atoms with E-state index in [1.165, 1.54) is 0 Å². The van der Waals surface area contributed by atoms with Crippen LogP contribution in [0.4, 0.5) is 0 Å². The smallest absolute Gasteiger partial charge is 0.331 e. The Morgan fingerprint density at radius 3 is 2.34 bits per heavy atom. The summed E-state index contributed by atoms with van der Waals surface area (Å²) in [7, 11) is 0. The number of carbonyl (C=O) groups is 1. The lowest BCUT2D eigenvalue weighted by Crippen LogP contribution is -2.72. The first-order chi connectivity index (χ1) is 17.8. The van der Waals surface area contributed by atoms with Crippen molar-refractivity contribution in [1.29, 1.82) is 0 Å². The van der Waals surface area contributed by atoms with Crippen LogP contribution in [-0.4, -0.2) is 85.1 Å². The molecule has 2 unspecified atom stereocenters. The van der Waals surface area contributed by atoms with E-state index in [9.17, 15) is 35.4 Å². The number of hydrogen-bond acceptors (Lipinski definition) is 9. The summed E-state index contributed by atoms with van der Waals surface area (Å²) in [6.07, 6.45) is 0.662. The van der Waals surface area contributed by atoms with Gasteiger partial charge in [-0.05, 0) is 93.0 Å². The minimum Gasteiger partial charge on any atom is -0.458 e. The molecule has 0 radical (unpaired) electrons. The van der Waals surface area contributed by atoms with Crippen LogP contribution < -0.4 is 0 Å². The Labute approximate surface area is 223 Å². The summed E-state index contributed by atoms with van der Waals surface area (Å²) in [6, 6.07) is 0. The van der Waals surface area contributed by atoms with Crippen molar-refractivity contribution >= 4 is 5.97 Å². The molecule has 0 aromatic heterocycles. The fraction of sp³-hybridized carbons (Fsp3) is 0.897. The molecule has 214 valence electrons. The fourth-order valence-corrected chi connectivity index (χ4v) is 10.5. The van der Waals surface area contributed by atoms with Gasteiger partial charge >= 0.3 is 5.97 Å². The van der Waals surface area contributed by atoms with Crippen LogP contribution in [0, 0.1) is 40.4 Å². The Hall–Kier alpha value is -1.07. The minimum absolute atomic E-state index is 0.00476. The van der Waals surface area contributed by atoms with Gasteiger partial charge in [0.2, 0.25) is 0 Å². The van der Waals surface area contributed by atoms with Gasteiger partial charge < -0.3 is 40.1 Å². The zero-order valence-electron chi connectivity index (χ0n) is 22.6. The summed E-state index contributed by atoms with van der Waals surface area (Å²) in [6.45, 7) is 6.12. The summed E-state index contributed by atoms with van der Waals surface area (Å²) in [5.74, 6) is -3.10. The van der Waals surface area contributed by atoms with E-state index in [0.717, 1.165) is 37.7 Å². The Balaban J connectivity index is 1.38. The molecular formula is C29H44O9. The average molecular weight is 537 g/mol. The highest BCUT2D eigenvalue weighted by Crippen LogP contribution is 2.71. The molecule has 4 aliphatic carbocycles. The molecule has 6 aliphatic rings. The number of aliphatic hydroxyl groups excluding tert-OH is 4. The van der Waals surface area contributed by atoms with Crippen LogP contribution in [0.1, 0.15) is 72.1 Å². The van der Waals surface area contributed by atoms with Crippen LogP contribution >= 0.6 is 0 Å². The Kier molecular flexibility index (Phi) is 6.22. The highest BCUT2D eigenvalue weighted by atomic mass is 16.7. The van der Waals surface area contributed by atoms with Gasteiger partial charge in [0.25, 0.3) is 0 Å². The molecule has 0 spiro atoms. The molecule has 0 aromatic carbocycles. The maximum absolute atomic E-state index is 12.5. The molecule has 0 aromatic rings. The number of esters is 1. The third kappa shape index (κ3) is 3.39. The van der Waals surface area contributed by atoms with E-state index >= 15 is 0 Å². The molecular weight excluding hydrogens is 492 g/mol. The highest BCUT2D eigenvalue weighted by molar-refractivity contribution is 5.85. The lowest BCUT2D eigenvalue weighted by atomic mass is 9.40. The Morgan fingerprint density at radius 2 is 1.66 bits per heavy atom. The molecule has 14 atom stereocenters. The third-order valence-electron chi connectivity index (χ3n) is 12.5. The molecule has 9 heteroatoms. The van der Waals surface area contributed by atoms with Crippen molar-refractivity contribution in [3.8, 4) is 0 Å². The monoisotopic (exact) mass is 536 g/mol. The zero-order chi connectivity index (χ0) is 27.4. The van der Waals surface area contributed by atoms with E-state index in [4.69, 9.17) is 9.47 Å². The normalized spacial score (nSPS) is 58.4. The number of ether oxygens (including phenoxy) is 2. The molecule has 0 bridgehead atoms. The van der Waals surface area contributed by atoms with Crippen molar-refractivity contribution in [3.05, 3.63) is 11.6 Å².